The number of anilines is 1. The molecule has 2 rings (SSSR count). The zero-order chi connectivity index (χ0) is 44.0. The molecule has 0 radical (unpaired) electrons. The lowest BCUT2D eigenvalue weighted by atomic mass is 9.70. The van der Waals surface area contributed by atoms with Gasteiger partial charge in [-0.2, -0.15) is 0 Å². The molecule has 8 N–H and O–H groups in total. The Bertz CT molecular complexity index is 1340. The molecular weight excluding hydrogens is 706 g/mol. The topological polar surface area (TPSA) is 103 Å². The van der Waals surface area contributed by atoms with Crippen molar-refractivity contribution in [3.63, 3.8) is 0 Å². The van der Waals surface area contributed by atoms with Crippen LogP contribution in [0.5, 0.6) is 0 Å². The molecule has 1 aliphatic rings. The molecule has 1 aliphatic heterocycles. The number of allylic oxidation sites excluding steroid dienone is 3. The number of hydrogen-bond acceptors (Lipinski definition) is 7. The molecule has 8 heteroatoms. The number of nitrogens with one attached hydrogen (secondary N) is 4. The Hall–Kier alpha value is -3.15. The standard InChI is InChI=1S/C37H60N4.C5H12N2.C5H13P.CH5N/c1-24(2)20-32-16-18-33(19-17-32)39-28(8)23-38-30(10)35(26(5)6)40-27(7)22-36(12,13)37(14,15)41-29(9)21-34(25(3)4)31(41)11;1-3-4-7-5(2)6;1-3-5(2)4-6;1-2/h16-19,24-26,34-35,38-40H,7-11,20-23H2,1-6,12-15H3;7H,2-4,6H2,1H3;5H,3-4,6H2,1-2H3;2H2,1H3. The van der Waals surface area contributed by atoms with Crippen molar-refractivity contribution in [1.29, 1.82) is 0 Å². The summed E-state index contributed by atoms with van der Waals surface area (Å²) in [6.07, 6.45) is 6.55. The van der Waals surface area contributed by atoms with Crippen LogP contribution in [0, 0.1) is 35.0 Å². The van der Waals surface area contributed by atoms with Crippen molar-refractivity contribution in [3.8, 4) is 0 Å². The summed E-state index contributed by atoms with van der Waals surface area (Å²) in [6, 6.07) is 8.67. The molecule has 0 bridgehead atoms. The van der Waals surface area contributed by atoms with Crippen molar-refractivity contribution in [3.05, 3.63) is 104 Å². The fraction of sp³-hybridized carbons (Fsp3) is 0.625. The first-order valence-corrected chi connectivity index (χ1v) is 21.8. The Morgan fingerprint density at radius 1 is 0.893 bits per heavy atom. The molecule has 1 heterocycles. The zero-order valence-electron chi connectivity index (χ0n) is 38.9. The van der Waals surface area contributed by atoms with Gasteiger partial charge >= 0.3 is 0 Å². The molecule has 0 spiro atoms. The second-order valence-electron chi connectivity index (χ2n) is 17.6. The molecule has 7 nitrogen and oxygen atoms in total. The van der Waals surface area contributed by atoms with Crippen LogP contribution in [-0.2, 0) is 6.42 Å². The molecule has 4 unspecified atom stereocenters. The van der Waals surface area contributed by atoms with Crippen molar-refractivity contribution in [2.24, 2.45) is 46.5 Å². The number of nitrogens with zero attached hydrogens (tertiary/aromatic N) is 1. The number of benzene rings is 1. The first-order chi connectivity index (χ1) is 25.9. The summed E-state index contributed by atoms with van der Waals surface area (Å²) in [6.45, 7) is 56.3. The van der Waals surface area contributed by atoms with Gasteiger partial charge in [0.1, 0.15) is 0 Å². The van der Waals surface area contributed by atoms with E-state index in [0.29, 0.717) is 36.0 Å². The van der Waals surface area contributed by atoms with Crippen molar-refractivity contribution < 1.29 is 0 Å². The fourth-order valence-electron chi connectivity index (χ4n) is 6.41. The lowest BCUT2D eigenvalue weighted by molar-refractivity contribution is 0.0647. The Morgan fingerprint density at radius 3 is 1.82 bits per heavy atom. The highest BCUT2D eigenvalue weighted by Crippen LogP contribution is 2.50. The largest absolute Gasteiger partial charge is 0.386 e. The minimum absolute atomic E-state index is 0.0477. The Labute approximate surface area is 350 Å². The summed E-state index contributed by atoms with van der Waals surface area (Å²) in [4.78, 5) is 2.40. The van der Waals surface area contributed by atoms with Crippen LogP contribution in [0.2, 0.25) is 0 Å². The van der Waals surface area contributed by atoms with Gasteiger partial charge in [-0.05, 0) is 99.5 Å². The number of likely N-dealkylation sites (tertiary alicyclic amines) is 1. The lowest BCUT2D eigenvalue weighted by Gasteiger charge is -2.50. The average molecular weight is 796 g/mol. The molecule has 1 fully saturated rings. The molecule has 1 saturated heterocycles. The normalized spacial score (nSPS) is 15.1. The quantitative estimate of drug-likeness (QED) is 0.0689. The minimum Gasteiger partial charge on any atom is -0.386 e. The summed E-state index contributed by atoms with van der Waals surface area (Å²) in [5, 5.41) is 13.5. The van der Waals surface area contributed by atoms with E-state index in [1.807, 2.05) is 0 Å². The smallest absolute Gasteiger partial charge is 0.0885 e. The molecule has 0 saturated carbocycles. The van der Waals surface area contributed by atoms with Gasteiger partial charge in [-0.1, -0.05) is 134 Å². The predicted octanol–water partition coefficient (Wildman–Crippen LogP) is 11.1. The second kappa shape index (κ2) is 27.5. The van der Waals surface area contributed by atoms with Crippen molar-refractivity contribution in [2.75, 3.05) is 31.6 Å². The first-order valence-electron chi connectivity index (χ1n) is 21.0. The number of rotatable bonds is 21. The summed E-state index contributed by atoms with van der Waals surface area (Å²) in [7, 11) is 4.24. The molecule has 4 atom stereocenters. The van der Waals surface area contributed by atoms with E-state index in [-0.39, 0.29) is 17.0 Å². The van der Waals surface area contributed by atoms with E-state index in [2.05, 4.69) is 195 Å². The van der Waals surface area contributed by atoms with Gasteiger partial charge in [-0.3, -0.25) is 0 Å². The Morgan fingerprint density at radius 2 is 1.45 bits per heavy atom. The highest BCUT2D eigenvalue weighted by molar-refractivity contribution is 7.16. The molecule has 322 valence electrons. The molecule has 0 aromatic heterocycles. The van der Waals surface area contributed by atoms with Crippen LogP contribution in [0.4, 0.5) is 5.69 Å². The van der Waals surface area contributed by atoms with Crippen LogP contribution in [0.25, 0.3) is 0 Å². The highest BCUT2D eigenvalue weighted by Gasteiger charge is 2.47. The van der Waals surface area contributed by atoms with Crippen LogP contribution >= 0.6 is 9.24 Å². The van der Waals surface area contributed by atoms with Gasteiger partial charge in [0.25, 0.3) is 0 Å². The maximum atomic E-state index is 5.17. The average Bonchev–Trinajstić information content (AvgIpc) is 3.43. The van der Waals surface area contributed by atoms with Gasteiger partial charge < -0.3 is 37.6 Å². The highest BCUT2D eigenvalue weighted by atomic mass is 31.0. The first kappa shape index (κ1) is 54.9. The maximum absolute atomic E-state index is 5.17. The zero-order valence-corrected chi connectivity index (χ0v) is 40.0. The van der Waals surface area contributed by atoms with Crippen molar-refractivity contribution in [2.45, 2.75) is 134 Å². The molecule has 1 aromatic carbocycles. The molecular formula is C48H90N7P. The van der Waals surface area contributed by atoms with E-state index in [0.717, 1.165) is 60.9 Å². The van der Waals surface area contributed by atoms with Gasteiger partial charge in [0.2, 0.25) is 0 Å². The number of hydrogen-bond donors (Lipinski definition) is 6. The van der Waals surface area contributed by atoms with E-state index in [1.54, 1.807) is 0 Å². The lowest BCUT2D eigenvalue weighted by Crippen LogP contribution is -2.52. The van der Waals surface area contributed by atoms with Crippen LogP contribution in [-0.4, -0.2) is 42.8 Å². The Kier molecular flexibility index (Phi) is 27.0. The third-order valence-corrected chi connectivity index (χ3v) is 11.5. The summed E-state index contributed by atoms with van der Waals surface area (Å²) in [5.74, 6) is 3.44. The molecule has 1 aromatic rings. The second-order valence-corrected chi connectivity index (χ2v) is 18.1. The molecule has 0 amide bonds. The van der Waals surface area contributed by atoms with Gasteiger partial charge in [0.15, 0.2) is 0 Å². The van der Waals surface area contributed by atoms with Crippen molar-refractivity contribution >= 4 is 14.9 Å². The van der Waals surface area contributed by atoms with Gasteiger partial charge in [-0.25, -0.2) is 0 Å². The summed E-state index contributed by atoms with van der Waals surface area (Å²) in [5.41, 5.74) is 17.0. The van der Waals surface area contributed by atoms with Gasteiger partial charge in [-0.15, -0.1) is 9.24 Å². The van der Waals surface area contributed by atoms with E-state index in [1.165, 1.54) is 36.6 Å². The molecule has 0 aliphatic carbocycles. The maximum Gasteiger partial charge on any atom is 0.0885 e. The van der Waals surface area contributed by atoms with E-state index in [9.17, 15) is 0 Å². The monoisotopic (exact) mass is 796 g/mol. The third kappa shape index (κ3) is 19.8. The van der Waals surface area contributed by atoms with Crippen molar-refractivity contribution in [1.82, 2.24) is 20.9 Å². The third-order valence-electron chi connectivity index (χ3n) is 10.7. The Balaban J connectivity index is 0. The predicted molar refractivity (Wildman–Crippen MR) is 257 cm³/mol. The van der Waals surface area contributed by atoms with Crippen LogP contribution < -0.4 is 32.7 Å². The van der Waals surface area contributed by atoms with Crippen LogP contribution in [0.1, 0.15) is 121 Å². The van der Waals surface area contributed by atoms with Gasteiger partial charge in [0, 0.05) is 52.2 Å². The molecule has 56 heavy (non-hydrogen) atoms. The van der Waals surface area contributed by atoms with Gasteiger partial charge in [0.05, 0.1) is 18.4 Å². The van der Waals surface area contributed by atoms with Crippen LogP contribution in [0.3, 0.4) is 0 Å². The van der Waals surface area contributed by atoms with Crippen LogP contribution in [0.15, 0.2) is 98.0 Å². The minimum atomic E-state index is -0.172. The number of nitrogens with two attached hydrogens (primary N) is 2. The summed E-state index contributed by atoms with van der Waals surface area (Å²) >= 11 is 0. The summed E-state index contributed by atoms with van der Waals surface area (Å²) < 4.78 is 0. The van der Waals surface area contributed by atoms with E-state index >= 15 is 0 Å². The fourth-order valence-corrected chi connectivity index (χ4v) is 6.75. The SMILES string of the molecule is C=C(CNC(=C)C(NC(=C)CC(C)(C)C(C)(C)N1C(=C)CC(C(C)C)C1=C)C(C)C)Nc1ccc(CC(C)C)cc1.C=C(N)NCCC.CCC(C)CP.CN. The van der Waals surface area contributed by atoms with E-state index in [4.69, 9.17) is 5.73 Å². The van der Waals surface area contributed by atoms with E-state index < -0.39 is 0 Å².